The minimum atomic E-state index is -1.48. The molecule has 21 heteroatoms. The monoisotopic (exact) mass is 852 g/mol. The largest absolute Gasteiger partial charge is 0.508 e. The topological polar surface area (TPSA) is 294 Å². The number of hydrogen-bond acceptors (Lipinski definition) is 13. The minimum Gasteiger partial charge on any atom is -0.508 e. The third-order valence-corrected chi connectivity index (χ3v) is 10.9. The number of aliphatic hydroxyl groups is 1. The molecule has 5 rings (SSSR count). The van der Waals surface area contributed by atoms with Crippen molar-refractivity contribution in [3.63, 3.8) is 0 Å². The average molecular weight is 853 g/mol. The van der Waals surface area contributed by atoms with Gasteiger partial charge < -0.3 is 56.6 Å². The van der Waals surface area contributed by atoms with Crippen LogP contribution < -0.4 is 37.8 Å². The van der Waals surface area contributed by atoms with Crippen LogP contribution in [0.4, 0.5) is 4.79 Å². The van der Waals surface area contributed by atoms with Gasteiger partial charge in [-0.05, 0) is 61.1 Å². The first-order valence-electron chi connectivity index (χ1n) is 18.9. The first kappa shape index (κ1) is 44.8. The number of rotatable bonds is 16. The second-order valence-corrected chi connectivity index (χ2v) is 15.3. The summed E-state index contributed by atoms with van der Waals surface area (Å²) < 4.78 is 6.70. The number of amides is 5. The summed E-state index contributed by atoms with van der Waals surface area (Å²) in [6, 6.07) is 4.93. The van der Waals surface area contributed by atoms with E-state index in [0.29, 0.717) is 16.9 Å². The number of aliphatic carboxylic acids is 1. The molecule has 7 atom stereocenters. The number of phenols is 2. The van der Waals surface area contributed by atoms with Crippen molar-refractivity contribution < 1.29 is 49.1 Å². The summed E-state index contributed by atoms with van der Waals surface area (Å²) in [5.41, 5.74) is 0.450. The van der Waals surface area contributed by atoms with Gasteiger partial charge in [-0.1, -0.05) is 24.3 Å². The van der Waals surface area contributed by atoms with Gasteiger partial charge in [0.2, 0.25) is 23.9 Å². The molecule has 1 fully saturated rings. The second kappa shape index (κ2) is 20.1. The molecule has 2 aliphatic rings. The van der Waals surface area contributed by atoms with E-state index in [1.807, 2.05) is 0 Å². The van der Waals surface area contributed by atoms with Crippen LogP contribution in [0, 0.1) is 0 Å². The maximum Gasteiger partial charge on any atom is 0.331 e. The van der Waals surface area contributed by atoms with Crippen molar-refractivity contribution in [3.05, 3.63) is 104 Å². The zero-order chi connectivity index (χ0) is 43.7. The summed E-state index contributed by atoms with van der Waals surface area (Å²) in [4.78, 5) is 94.5. The maximum atomic E-state index is 14.0. The molecular weight excluding hydrogens is 805 g/mol. The third-order valence-electron chi connectivity index (χ3n) is 10.2. The van der Waals surface area contributed by atoms with Crippen molar-refractivity contribution >= 4 is 41.5 Å². The molecule has 0 bridgehead atoms. The fourth-order valence-corrected chi connectivity index (χ4v) is 7.23. The van der Waals surface area contributed by atoms with Gasteiger partial charge in [0.15, 0.2) is 0 Å². The molecule has 60 heavy (non-hydrogen) atoms. The summed E-state index contributed by atoms with van der Waals surface area (Å²) in [6.45, 7) is 1.74. The first-order chi connectivity index (χ1) is 28.6. The number of ether oxygens (including phenoxy) is 1. The number of likely N-dealkylation sites (N-methyl/N-ethyl adjacent to an activating group) is 1. The van der Waals surface area contributed by atoms with E-state index >= 15 is 0 Å². The number of aliphatic hydroxyl groups excluding tert-OH is 1. The number of carboxylic acids is 1. The van der Waals surface area contributed by atoms with Crippen LogP contribution in [0.15, 0.2) is 76.3 Å². The Morgan fingerprint density at radius 2 is 1.72 bits per heavy atom. The van der Waals surface area contributed by atoms with Gasteiger partial charge >= 0.3 is 17.7 Å². The number of urea groups is 1. The summed E-state index contributed by atoms with van der Waals surface area (Å²) >= 11 is 1.37. The van der Waals surface area contributed by atoms with E-state index < -0.39 is 83.5 Å². The summed E-state index contributed by atoms with van der Waals surface area (Å²) in [7, 11) is 1.46. The van der Waals surface area contributed by atoms with E-state index in [4.69, 9.17) is 4.74 Å². The molecule has 0 radical (unpaired) electrons. The molecular formula is C39H48N8O12S. The number of aromatic amines is 1. The molecule has 20 nitrogen and oxygen atoms in total. The number of carbonyl (C=O) groups excluding carboxylic acids is 4. The Kier molecular flexibility index (Phi) is 15.0. The number of hydrogen-bond donors (Lipinski definition) is 10. The molecule has 2 aliphatic heterocycles. The number of benzene rings is 2. The highest BCUT2D eigenvalue weighted by Crippen LogP contribution is 2.30. The number of thioether (sulfide) groups is 1. The quantitative estimate of drug-likeness (QED) is 0.0857. The zero-order valence-corrected chi connectivity index (χ0v) is 33.7. The number of carbonyl (C=O) groups is 5. The smallest absolute Gasteiger partial charge is 0.331 e. The lowest BCUT2D eigenvalue weighted by Gasteiger charge is -2.36. The van der Waals surface area contributed by atoms with Gasteiger partial charge in [-0.3, -0.25) is 28.7 Å². The number of fused-ring (bicyclic) bond motifs is 1. The van der Waals surface area contributed by atoms with E-state index in [9.17, 15) is 54.0 Å². The molecule has 1 aromatic heterocycles. The minimum absolute atomic E-state index is 0.0231. The number of H-pyrrole nitrogens is 1. The van der Waals surface area contributed by atoms with Gasteiger partial charge in [-0.25, -0.2) is 14.4 Å². The fourth-order valence-electron chi connectivity index (χ4n) is 6.76. The molecule has 3 aromatic rings. The average Bonchev–Trinajstić information content (AvgIpc) is 3.59. The molecule has 322 valence electrons. The summed E-state index contributed by atoms with van der Waals surface area (Å²) in [6.07, 6.45) is 1.60. The number of aromatic nitrogens is 2. The lowest BCUT2D eigenvalue weighted by Crippen LogP contribution is -2.62. The number of nitrogens with zero attached hydrogens (tertiary/aromatic N) is 2. The standard InChI is InChI=1S/C39H48N8O12S/c1-20(46(2)35(54)27-16-22-5-4-6-29(49)25(22)19-40-27)32(34(53)41-18-24-17-30(50)36(59-24)47-13-11-31(51)44-39(47)58)45-33(52)26(12-14-60-3)42-38(57)43-28(37(55)56)15-21-7-9-23(48)10-8-21/h4-11,13,18,20,26-28,30,32,36,40,48-50H,12,14-17,19H2,1-3H3,(H,41,53)(H,45,52)(H,55,56)(H2,42,43,57)(H,44,51,58)/b24-18-. The van der Waals surface area contributed by atoms with E-state index in [2.05, 4.69) is 31.6 Å². The Labute approximate surface area is 347 Å². The molecule has 0 saturated carbocycles. The summed E-state index contributed by atoms with van der Waals surface area (Å²) in [5, 5.41) is 53.5. The van der Waals surface area contributed by atoms with Gasteiger partial charge in [0, 0.05) is 50.5 Å². The van der Waals surface area contributed by atoms with Crippen LogP contribution in [0.2, 0.25) is 0 Å². The van der Waals surface area contributed by atoms with E-state index in [0.717, 1.165) is 28.6 Å². The highest BCUT2D eigenvalue weighted by atomic mass is 32.2. The number of aromatic hydroxyl groups is 2. The van der Waals surface area contributed by atoms with Gasteiger partial charge in [0.05, 0.1) is 12.1 Å². The van der Waals surface area contributed by atoms with Crippen molar-refractivity contribution in [3.8, 4) is 11.5 Å². The predicted octanol–water partition coefficient (Wildman–Crippen LogP) is -0.652. The van der Waals surface area contributed by atoms with Gasteiger partial charge in [-0.2, -0.15) is 11.8 Å². The normalized spacial score (nSPS) is 19.7. The lowest BCUT2D eigenvalue weighted by atomic mass is 9.94. The SMILES string of the molecule is CSCCC(NC(=O)NC(Cc1ccc(O)cc1)C(=O)O)C(=O)NC(C(=O)N/C=C1/CC(O)C(n2ccc(=O)[nH]c2=O)O1)C(C)N(C)C(=O)C1Cc2cccc(O)c2CN1. The predicted molar refractivity (Wildman–Crippen MR) is 217 cm³/mol. The van der Waals surface area contributed by atoms with Crippen LogP contribution in [0.1, 0.15) is 42.7 Å². The van der Waals surface area contributed by atoms with Crippen molar-refractivity contribution in [1.82, 2.24) is 41.0 Å². The molecule has 2 aromatic carbocycles. The number of carboxylic acid groups (broad SMARTS) is 1. The lowest BCUT2D eigenvalue weighted by molar-refractivity contribution is -0.139. The molecule has 7 unspecified atom stereocenters. The van der Waals surface area contributed by atoms with Crippen LogP contribution in [0.3, 0.4) is 0 Å². The highest BCUT2D eigenvalue weighted by molar-refractivity contribution is 7.98. The van der Waals surface area contributed by atoms with Gasteiger partial charge in [-0.15, -0.1) is 0 Å². The van der Waals surface area contributed by atoms with E-state index in [-0.39, 0.29) is 49.5 Å². The molecule has 10 N–H and O–H groups in total. The summed E-state index contributed by atoms with van der Waals surface area (Å²) in [5.74, 6) is -2.94. The van der Waals surface area contributed by atoms with Crippen LogP contribution in [-0.2, 0) is 43.3 Å². The Balaban J connectivity index is 1.35. The van der Waals surface area contributed by atoms with Crippen molar-refractivity contribution in [2.75, 3.05) is 19.1 Å². The first-order valence-corrected chi connectivity index (χ1v) is 20.3. The molecule has 0 spiro atoms. The molecule has 1 saturated heterocycles. The number of nitrogens with one attached hydrogen (secondary N) is 6. The number of phenolic OH excluding ortho intramolecular Hbond substituents is 2. The Bertz CT molecular complexity index is 2210. The van der Waals surface area contributed by atoms with Crippen molar-refractivity contribution in [2.45, 2.75) is 81.7 Å². The van der Waals surface area contributed by atoms with Gasteiger partial charge in [0.1, 0.15) is 41.5 Å². The van der Waals surface area contributed by atoms with Crippen molar-refractivity contribution in [2.24, 2.45) is 0 Å². The Hall–Kier alpha value is -6.32. The third kappa shape index (κ3) is 11.2. The molecule has 3 heterocycles. The van der Waals surface area contributed by atoms with Gasteiger partial charge in [0.25, 0.3) is 5.56 Å². The van der Waals surface area contributed by atoms with Crippen LogP contribution in [0.25, 0.3) is 0 Å². The van der Waals surface area contributed by atoms with E-state index in [1.54, 1.807) is 24.5 Å². The Morgan fingerprint density at radius 3 is 2.40 bits per heavy atom. The van der Waals surface area contributed by atoms with E-state index in [1.165, 1.54) is 54.9 Å². The van der Waals surface area contributed by atoms with Crippen LogP contribution >= 0.6 is 11.8 Å². The highest BCUT2D eigenvalue weighted by Gasteiger charge is 2.38. The molecule has 0 aliphatic carbocycles. The fraction of sp³-hybridized carbons (Fsp3) is 0.410. The molecule has 5 amide bonds. The van der Waals surface area contributed by atoms with Crippen LogP contribution in [-0.4, -0.2) is 120 Å². The Morgan fingerprint density at radius 1 is 1.00 bits per heavy atom. The van der Waals surface area contributed by atoms with Crippen molar-refractivity contribution in [1.29, 1.82) is 0 Å². The maximum absolute atomic E-state index is 14.0. The zero-order valence-electron chi connectivity index (χ0n) is 32.9. The van der Waals surface area contributed by atoms with Crippen LogP contribution in [0.5, 0.6) is 11.5 Å². The second-order valence-electron chi connectivity index (χ2n) is 14.4.